The van der Waals surface area contributed by atoms with Gasteiger partial charge in [-0.05, 0) is 41.6 Å². The SMILES string of the molecule is CCOC(=O)c1cccc(C(=O)N2CCOCC2)c1I. The van der Waals surface area contributed by atoms with Crippen molar-refractivity contribution in [2.75, 3.05) is 32.9 Å². The first kappa shape index (κ1) is 15.2. The van der Waals surface area contributed by atoms with Crippen molar-refractivity contribution >= 4 is 34.5 Å². The van der Waals surface area contributed by atoms with E-state index in [1.54, 1.807) is 30.0 Å². The van der Waals surface area contributed by atoms with E-state index < -0.39 is 5.97 Å². The van der Waals surface area contributed by atoms with E-state index in [-0.39, 0.29) is 5.91 Å². The molecule has 1 saturated heterocycles. The second kappa shape index (κ2) is 7.03. The molecule has 0 aliphatic carbocycles. The maximum absolute atomic E-state index is 12.5. The molecule has 2 rings (SSSR count). The van der Waals surface area contributed by atoms with Crippen LogP contribution >= 0.6 is 22.6 Å². The molecule has 0 aromatic heterocycles. The second-order valence-electron chi connectivity index (χ2n) is 4.29. The molecule has 1 heterocycles. The molecule has 1 amide bonds. The summed E-state index contributed by atoms with van der Waals surface area (Å²) in [5.41, 5.74) is 0.976. The fraction of sp³-hybridized carbons (Fsp3) is 0.429. The molecule has 0 unspecified atom stereocenters. The molecule has 6 heteroatoms. The summed E-state index contributed by atoms with van der Waals surface area (Å²) in [6, 6.07) is 5.13. The zero-order valence-corrected chi connectivity index (χ0v) is 13.4. The van der Waals surface area contributed by atoms with E-state index in [9.17, 15) is 9.59 Å². The normalized spacial score (nSPS) is 15.0. The summed E-state index contributed by atoms with van der Waals surface area (Å²) in [6.45, 7) is 4.35. The summed E-state index contributed by atoms with van der Waals surface area (Å²) in [4.78, 5) is 26.1. The minimum Gasteiger partial charge on any atom is -0.462 e. The minimum absolute atomic E-state index is 0.0659. The van der Waals surface area contributed by atoms with Crippen molar-refractivity contribution in [3.63, 3.8) is 0 Å². The number of hydrogen-bond acceptors (Lipinski definition) is 4. The number of carbonyl (C=O) groups excluding carboxylic acids is 2. The highest BCUT2D eigenvalue weighted by Crippen LogP contribution is 2.20. The van der Waals surface area contributed by atoms with Gasteiger partial charge in [0.15, 0.2) is 0 Å². The molecule has 0 N–H and O–H groups in total. The molecule has 1 aliphatic rings. The summed E-state index contributed by atoms with van der Waals surface area (Å²) < 4.78 is 10.9. The highest BCUT2D eigenvalue weighted by molar-refractivity contribution is 14.1. The van der Waals surface area contributed by atoms with Gasteiger partial charge < -0.3 is 14.4 Å². The van der Waals surface area contributed by atoms with Crippen molar-refractivity contribution < 1.29 is 19.1 Å². The van der Waals surface area contributed by atoms with Gasteiger partial charge in [0, 0.05) is 16.7 Å². The van der Waals surface area contributed by atoms with Gasteiger partial charge in [-0.15, -0.1) is 0 Å². The van der Waals surface area contributed by atoms with E-state index in [1.165, 1.54) is 0 Å². The third-order valence-electron chi connectivity index (χ3n) is 3.02. The van der Waals surface area contributed by atoms with Crippen LogP contribution in [0.4, 0.5) is 0 Å². The van der Waals surface area contributed by atoms with Gasteiger partial charge in [0.2, 0.25) is 0 Å². The van der Waals surface area contributed by atoms with Crippen molar-refractivity contribution in [3.8, 4) is 0 Å². The first-order chi connectivity index (χ1) is 9.65. The number of carbonyl (C=O) groups is 2. The Hall–Kier alpha value is -1.15. The Bertz CT molecular complexity index is 512. The Kier molecular flexibility index (Phi) is 5.36. The zero-order chi connectivity index (χ0) is 14.5. The number of morpholine rings is 1. The van der Waals surface area contributed by atoms with E-state index in [1.807, 2.05) is 22.6 Å². The quantitative estimate of drug-likeness (QED) is 0.586. The van der Waals surface area contributed by atoms with E-state index >= 15 is 0 Å². The summed E-state index contributed by atoms with van der Waals surface area (Å²) in [7, 11) is 0. The van der Waals surface area contributed by atoms with Crippen LogP contribution in [-0.4, -0.2) is 49.7 Å². The maximum Gasteiger partial charge on any atom is 0.339 e. The Morgan fingerprint density at radius 3 is 2.60 bits per heavy atom. The number of rotatable bonds is 3. The number of hydrogen-bond donors (Lipinski definition) is 0. The van der Waals surface area contributed by atoms with Crippen LogP contribution in [0.3, 0.4) is 0 Å². The first-order valence-electron chi connectivity index (χ1n) is 6.47. The zero-order valence-electron chi connectivity index (χ0n) is 11.2. The molecular formula is C14H16INO4. The highest BCUT2D eigenvalue weighted by Gasteiger charge is 2.23. The molecule has 1 fully saturated rings. The molecule has 5 nitrogen and oxygen atoms in total. The van der Waals surface area contributed by atoms with Gasteiger partial charge in [-0.2, -0.15) is 0 Å². The fourth-order valence-electron chi connectivity index (χ4n) is 2.00. The summed E-state index contributed by atoms with van der Waals surface area (Å²) in [6.07, 6.45) is 0. The van der Waals surface area contributed by atoms with Crippen molar-refractivity contribution in [2.45, 2.75) is 6.92 Å². The van der Waals surface area contributed by atoms with E-state index in [4.69, 9.17) is 9.47 Å². The molecule has 0 spiro atoms. The fourth-order valence-corrected chi connectivity index (χ4v) is 2.81. The predicted molar refractivity (Wildman–Crippen MR) is 81.8 cm³/mol. The molecule has 20 heavy (non-hydrogen) atoms. The van der Waals surface area contributed by atoms with Crippen LogP contribution in [0.1, 0.15) is 27.6 Å². The second-order valence-corrected chi connectivity index (χ2v) is 5.37. The van der Waals surface area contributed by atoms with Crippen molar-refractivity contribution in [1.82, 2.24) is 4.90 Å². The summed E-state index contributed by atoms with van der Waals surface area (Å²) in [5.74, 6) is -0.461. The van der Waals surface area contributed by atoms with E-state index in [2.05, 4.69) is 0 Å². The van der Waals surface area contributed by atoms with Crippen molar-refractivity contribution in [3.05, 3.63) is 32.9 Å². The largest absolute Gasteiger partial charge is 0.462 e. The standard InChI is InChI=1S/C14H16INO4/c1-2-20-14(18)11-5-3-4-10(12(11)15)13(17)16-6-8-19-9-7-16/h3-5H,2,6-9H2,1H3. The Morgan fingerprint density at radius 1 is 1.30 bits per heavy atom. The number of halogens is 1. The molecular weight excluding hydrogens is 373 g/mol. The van der Waals surface area contributed by atoms with Gasteiger partial charge in [-0.1, -0.05) is 6.07 Å². The Labute approximate surface area is 131 Å². The highest BCUT2D eigenvalue weighted by atomic mass is 127. The maximum atomic E-state index is 12.5. The molecule has 1 aliphatic heterocycles. The average Bonchev–Trinajstić information content (AvgIpc) is 2.48. The monoisotopic (exact) mass is 389 g/mol. The van der Waals surface area contributed by atoms with E-state index in [0.29, 0.717) is 47.6 Å². The van der Waals surface area contributed by atoms with Crippen LogP contribution in [0.25, 0.3) is 0 Å². The topological polar surface area (TPSA) is 55.8 Å². The predicted octanol–water partition coefficient (Wildman–Crippen LogP) is 1.94. The molecule has 1 aromatic carbocycles. The van der Waals surface area contributed by atoms with Gasteiger partial charge in [-0.3, -0.25) is 4.79 Å². The minimum atomic E-state index is -0.395. The van der Waals surface area contributed by atoms with Gasteiger partial charge in [-0.25, -0.2) is 4.79 Å². The molecule has 0 radical (unpaired) electrons. The number of amides is 1. The third kappa shape index (κ3) is 3.29. The average molecular weight is 389 g/mol. The van der Waals surface area contributed by atoms with Gasteiger partial charge >= 0.3 is 5.97 Å². The Morgan fingerprint density at radius 2 is 1.95 bits per heavy atom. The lowest BCUT2D eigenvalue weighted by Gasteiger charge is -2.27. The molecule has 0 atom stereocenters. The Balaban J connectivity index is 2.25. The lowest BCUT2D eigenvalue weighted by molar-refractivity contribution is 0.0302. The van der Waals surface area contributed by atoms with Crippen LogP contribution in [0.15, 0.2) is 18.2 Å². The van der Waals surface area contributed by atoms with Gasteiger partial charge in [0.05, 0.1) is 30.9 Å². The number of benzene rings is 1. The van der Waals surface area contributed by atoms with E-state index in [0.717, 1.165) is 0 Å². The first-order valence-corrected chi connectivity index (χ1v) is 7.55. The molecule has 0 saturated carbocycles. The van der Waals surface area contributed by atoms with Gasteiger partial charge in [0.1, 0.15) is 0 Å². The van der Waals surface area contributed by atoms with Crippen molar-refractivity contribution in [2.24, 2.45) is 0 Å². The molecule has 108 valence electrons. The summed E-state index contributed by atoms with van der Waals surface area (Å²) >= 11 is 2.03. The lowest BCUT2D eigenvalue weighted by Crippen LogP contribution is -2.41. The van der Waals surface area contributed by atoms with Crippen LogP contribution in [0, 0.1) is 3.57 Å². The van der Waals surface area contributed by atoms with Crippen LogP contribution in [0.2, 0.25) is 0 Å². The number of nitrogens with zero attached hydrogens (tertiary/aromatic N) is 1. The van der Waals surface area contributed by atoms with Crippen LogP contribution in [-0.2, 0) is 9.47 Å². The third-order valence-corrected chi connectivity index (χ3v) is 4.18. The number of esters is 1. The van der Waals surface area contributed by atoms with Crippen LogP contribution in [0.5, 0.6) is 0 Å². The molecule has 0 bridgehead atoms. The van der Waals surface area contributed by atoms with Gasteiger partial charge in [0.25, 0.3) is 5.91 Å². The molecule has 1 aromatic rings. The number of ether oxygens (including phenoxy) is 2. The van der Waals surface area contributed by atoms with Crippen LogP contribution < -0.4 is 0 Å². The lowest BCUT2D eigenvalue weighted by atomic mass is 10.1. The summed E-state index contributed by atoms with van der Waals surface area (Å²) in [5, 5.41) is 0. The van der Waals surface area contributed by atoms with Crippen molar-refractivity contribution in [1.29, 1.82) is 0 Å². The smallest absolute Gasteiger partial charge is 0.339 e.